The number of carbonyl (C=O) groups is 1. The summed E-state index contributed by atoms with van der Waals surface area (Å²) in [5.74, 6) is -0.0928. The summed E-state index contributed by atoms with van der Waals surface area (Å²) in [5, 5.41) is 7.28. The van der Waals surface area contributed by atoms with Gasteiger partial charge in [-0.25, -0.2) is 9.97 Å². The third-order valence-corrected chi connectivity index (χ3v) is 4.17. The van der Waals surface area contributed by atoms with E-state index in [2.05, 4.69) is 31.0 Å². The Bertz CT molecular complexity index is 1170. The summed E-state index contributed by atoms with van der Waals surface area (Å²) < 4.78 is 38.0. The van der Waals surface area contributed by atoms with E-state index in [1.807, 2.05) is 24.3 Å². The third kappa shape index (κ3) is 3.86. The van der Waals surface area contributed by atoms with Crippen molar-refractivity contribution in [2.24, 2.45) is 0 Å². The Morgan fingerprint density at radius 1 is 1.00 bits per heavy atom. The van der Waals surface area contributed by atoms with E-state index in [0.717, 1.165) is 17.5 Å². The molecule has 7 nitrogen and oxygen atoms in total. The number of anilines is 1. The highest BCUT2D eigenvalue weighted by molar-refractivity contribution is 5.95. The van der Waals surface area contributed by atoms with Gasteiger partial charge in [-0.1, -0.05) is 24.3 Å². The molecule has 0 spiro atoms. The number of fused-ring (bicyclic) bond motifs is 1. The Kier molecular flexibility index (Phi) is 4.59. The molecule has 0 radical (unpaired) electrons. The maximum Gasteiger partial charge on any atom is 0.416 e. The predicted octanol–water partition coefficient (Wildman–Crippen LogP) is 3.80. The second-order valence-corrected chi connectivity index (χ2v) is 6.06. The van der Waals surface area contributed by atoms with E-state index < -0.39 is 17.6 Å². The Hall–Kier alpha value is -3.95. The van der Waals surface area contributed by atoms with Crippen molar-refractivity contribution < 1.29 is 18.0 Å². The zero-order valence-electron chi connectivity index (χ0n) is 14.7. The Morgan fingerprint density at radius 3 is 2.52 bits per heavy atom. The van der Waals surface area contributed by atoms with Gasteiger partial charge in [-0.15, -0.1) is 0 Å². The summed E-state index contributed by atoms with van der Waals surface area (Å²) in [7, 11) is 0. The molecular formula is C19H13F3N6O. The van der Waals surface area contributed by atoms with Crippen LogP contribution >= 0.6 is 0 Å². The molecule has 1 amide bonds. The summed E-state index contributed by atoms with van der Waals surface area (Å²) in [5.41, 5.74) is 6.12. The number of nitrogens with one attached hydrogen (secondary N) is 3. The van der Waals surface area contributed by atoms with Crippen LogP contribution in [0.5, 0.6) is 0 Å². The number of aromatic amines is 1. The SMILES string of the molecule is O=C(NNc1ncnc2ccccc12)c1cc(-c2ccc(C(F)(F)F)cc2)n[nH]1. The van der Waals surface area contributed by atoms with Crippen LogP contribution in [0.2, 0.25) is 0 Å². The van der Waals surface area contributed by atoms with Crippen molar-refractivity contribution >= 4 is 22.6 Å². The maximum atomic E-state index is 12.7. The van der Waals surface area contributed by atoms with Crippen LogP contribution in [0.3, 0.4) is 0 Å². The molecule has 2 aromatic carbocycles. The number of hydrogen-bond acceptors (Lipinski definition) is 5. The zero-order valence-corrected chi connectivity index (χ0v) is 14.7. The summed E-state index contributed by atoms with van der Waals surface area (Å²) >= 11 is 0. The summed E-state index contributed by atoms with van der Waals surface area (Å²) in [6, 6.07) is 13.2. The van der Waals surface area contributed by atoms with Gasteiger partial charge in [0.2, 0.25) is 0 Å². The summed E-state index contributed by atoms with van der Waals surface area (Å²) in [6.45, 7) is 0. The number of alkyl halides is 3. The molecule has 0 unspecified atom stereocenters. The first-order valence-electron chi connectivity index (χ1n) is 8.41. The number of halogens is 3. The van der Waals surface area contributed by atoms with Crippen LogP contribution in [0.15, 0.2) is 60.9 Å². The quantitative estimate of drug-likeness (QED) is 0.455. The number of H-pyrrole nitrogens is 1. The fourth-order valence-electron chi connectivity index (χ4n) is 2.70. The zero-order chi connectivity index (χ0) is 20.4. The topological polar surface area (TPSA) is 95.6 Å². The molecule has 0 saturated carbocycles. The van der Waals surface area contributed by atoms with Gasteiger partial charge in [0, 0.05) is 10.9 Å². The number of benzene rings is 2. The normalized spacial score (nSPS) is 11.4. The third-order valence-electron chi connectivity index (χ3n) is 4.17. The highest BCUT2D eigenvalue weighted by Gasteiger charge is 2.30. The van der Waals surface area contributed by atoms with Gasteiger partial charge >= 0.3 is 6.18 Å². The summed E-state index contributed by atoms with van der Waals surface area (Å²) in [6.07, 6.45) is -3.04. The molecule has 0 bridgehead atoms. The molecule has 2 heterocycles. The van der Waals surface area contributed by atoms with Gasteiger partial charge in [0.05, 0.1) is 16.8 Å². The molecule has 0 fully saturated rings. The van der Waals surface area contributed by atoms with E-state index in [1.165, 1.54) is 24.5 Å². The molecule has 0 aliphatic rings. The van der Waals surface area contributed by atoms with E-state index >= 15 is 0 Å². The molecule has 0 saturated heterocycles. The molecule has 0 aliphatic heterocycles. The Balaban J connectivity index is 1.47. The number of carbonyl (C=O) groups excluding carboxylic acids is 1. The standard InChI is InChI=1S/C19H13F3N6O/c20-19(21,22)12-7-5-11(6-8-12)15-9-16(26-25-15)18(29)28-27-17-13-3-1-2-4-14(13)23-10-24-17/h1-10H,(H,25,26)(H,28,29)(H,23,24,27). The molecule has 3 N–H and O–H groups in total. The molecule has 4 rings (SSSR count). The van der Waals surface area contributed by atoms with Crippen LogP contribution in [0, 0.1) is 0 Å². The Labute approximate surface area is 162 Å². The van der Waals surface area contributed by atoms with Gasteiger partial charge in [-0.3, -0.25) is 20.7 Å². The highest BCUT2D eigenvalue weighted by Crippen LogP contribution is 2.30. The second kappa shape index (κ2) is 7.23. The summed E-state index contributed by atoms with van der Waals surface area (Å²) in [4.78, 5) is 20.6. The van der Waals surface area contributed by atoms with Crippen LogP contribution in [-0.2, 0) is 6.18 Å². The molecule has 10 heteroatoms. The molecule has 4 aromatic rings. The van der Waals surface area contributed by atoms with Gasteiger partial charge in [0.25, 0.3) is 5.91 Å². The molecule has 0 aliphatic carbocycles. The van der Waals surface area contributed by atoms with Crippen LogP contribution in [-0.4, -0.2) is 26.1 Å². The van der Waals surface area contributed by atoms with Crippen LogP contribution in [0.4, 0.5) is 19.0 Å². The van der Waals surface area contributed by atoms with Crippen molar-refractivity contribution in [3.63, 3.8) is 0 Å². The molecule has 0 atom stereocenters. The van der Waals surface area contributed by atoms with Crippen LogP contribution < -0.4 is 10.9 Å². The van der Waals surface area contributed by atoms with E-state index in [4.69, 9.17) is 0 Å². The molecule has 146 valence electrons. The Morgan fingerprint density at radius 2 is 1.76 bits per heavy atom. The first-order valence-corrected chi connectivity index (χ1v) is 8.41. The molecule has 29 heavy (non-hydrogen) atoms. The number of para-hydroxylation sites is 1. The van der Waals surface area contributed by atoms with Crippen LogP contribution in [0.25, 0.3) is 22.2 Å². The first-order chi connectivity index (χ1) is 13.9. The highest BCUT2D eigenvalue weighted by atomic mass is 19.4. The van der Waals surface area contributed by atoms with Gasteiger partial charge in [-0.2, -0.15) is 18.3 Å². The van der Waals surface area contributed by atoms with E-state index in [-0.39, 0.29) is 5.69 Å². The smallest absolute Gasteiger partial charge is 0.281 e. The minimum absolute atomic E-state index is 0.130. The van der Waals surface area contributed by atoms with Gasteiger partial charge in [-0.05, 0) is 30.3 Å². The van der Waals surface area contributed by atoms with E-state index in [0.29, 0.717) is 22.6 Å². The van der Waals surface area contributed by atoms with Gasteiger partial charge in [0.1, 0.15) is 12.0 Å². The first kappa shape index (κ1) is 18.4. The molecule has 2 aromatic heterocycles. The average molecular weight is 398 g/mol. The number of rotatable bonds is 4. The fourth-order valence-corrected chi connectivity index (χ4v) is 2.70. The van der Waals surface area contributed by atoms with Crippen molar-refractivity contribution in [1.29, 1.82) is 0 Å². The van der Waals surface area contributed by atoms with Gasteiger partial charge in [0.15, 0.2) is 5.82 Å². The van der Waals surface area contributed by atoms with Crippen LogP contribution in [0.1, 0.15) is 16.1 Å². The van der Waals surface area contributed by atoms with Crippen molar-refractivity contribution in [3.8, 4) is 11.3 Å². The lowest BCUT2D eigenvalue weighted by Gasteiger charge is -2.08. The number of nitrogens with zero attached hydrogens (tertiary/aromatic N) is 3. The number of hydrogen-bond donors (Lipinski definition) is 3. The van der Waals surface area contributed by atoms with Crippen molar-refractivity contribution in [2.45, 2.75) is 6.18 Å². The number of amides is 1. The van der Waals surface area contributed by atoms with Gasteiger partial charge < -0.3 is 0 Å². The number of aromatic nitrogens is 4. The van der Waals surface area contributed by atoms with Crippen molar-refractivity contribution in [2.75, 3.05) is 5.43 Å². The van der Waals surface area contributed by atoms with E-state index in [1.54, 1.807) is 0 Å². The minimum Gasteiger partial charge on any atom is -0.281 e. The second-order valence-electron chi connectivity index (χ2n) is 6.06. The van der Waals surface area contributed by atoms with Crippen molar-refractivity contribution in [3.05, 3.63) is 72.2 Å². The average Bonchev–Trinajstić information content (AvgIpc) is 3.22. The maximum absolute atomic E-state index is 12.7. The lowest BCUT2D eigenvalue weighted by atomic mass is 10.1. The van der Waals surface area contributed by atoms with Crippen molar-refractivity contribution in [1.82, 2.24) is 25.6 Å². The lowest BCUT2D eigenvalue weighted by Crippen LogP contribution is -2.30. The minimum atomic E-state index is -4.41. The monoisotopic (exact) mass is 398 g/mol. The molecular weight excluding hydrogens is 385 g/mol. The number of hydrazine groups is 1. The fraction of sp³-hybridized carbons (Fsp3) is 0.0526. The largest absolute Gasteiger partial charge is 0.416 e. The van der Waals surface area contributed by atoms with E-state index in [9.17, 15) is 18.0 Å². The predicted molar refractivity (Wildman–Crippen MR) is 99.7 cm³/mol. The lowest BCUT2D eigenvalue weighted by molar-refractivity contribution is -0.137.